The average molecular weight is 228 g/mol. The van der Waals surface area contributed by atoms with E-state index in [1.165, 1.54) is 5.69 Å². The summed E-state index contributed by atoms with van der Waals surface area (Å²) in [6.45, 7) is 0. The predicted octanol–water partition coefficient (Wildman–Crippen LogP) is 1.93. The smallest absolute Gasteiger partial charge is 0.143 e. The number of hydrogen-bond donors (Lipinski definition) is 2. The molecule has 88 valence electrons. The maximum absolute atomic E-state index is 6.16. The molecule has 4 N–H and O–H groups in total. The molecule has 2 aromatic rings. The second-order valence-electron chi connectivity index (χ2n) is 4.49. The van der Waals surface area contributed by atoms with Gasteiger partial charge in [0.15, 0.2) is 0 Å². The third kappa shape index (κ3) is 1.61. The molecule has 1 aliphatic rings. The van der Waals surface area contributed by atoms with Gasteiger partial charge in [-0.25, -0.2) is 4.98 Å². The highest BCUT2D eigenvalue weighted by Gasteiger charge is 2.21. The Kier molecular flexibility index (Phi) is 2.37. The fourth-order valence-electron chi connectivity index (χ4n) is 2.47. The second-order valence-corrected chi connectivity index (χ2v) is 4.49. The van der Waals surface area contributed by atoms with Gasteiger partial charge in [-0.15, -0.1) is 0 Å². The van der Waals surface area contributed by atoms with Crippen LogP contribution >= 0.6 is 0 Å². The number of nitrogens with zero attached hydrogens (tertiary/aromatic N) is 2. The van der Waals surface area contributed by atoms with Gasteiger partial charge >= 0.3 is 0 Å². The Hall–Kier alpha value is -1.81. The van der Waals surface area contributed by atoms with E-state index in [0.29, 0.717) is 0 Å². The van der Waals surface area contributed by atoms with Crippen molar-refractivity contribution >= 4 is 5.69 Å². The van der Waals surface area contributed by atoms with Crippen LogP contribution in [0.4, 0.5) is 5.69 Å². The molecule has 0 saturated carbocycles. The van der Waals surface area contributed by atoms with E-state index in [4.69, 9.17) is 11.5 Å². The van der Waals surface area contributed by atoms with E-state index in [1.807, 2.05) is 30.5 Å². The molecule has 4 nitrogen and oxygen atoms in total. The topological polar surface area (TPSA) is 69.9 Å². The molecule has 0 aliphatic carbocycles. The molecule has 0 spiro atoms. The molecule has 17 heavy (non-hydrogen) atoms. The summed E-state index contributed by atoms with van der Waals surface area (Å²) in [5.41, 5.74) is 15.1. The number of aryl methyl sites for hydroxylation is 1. The number of benzene rings is 1. The predicted molar refractivity (Wildman–Crippen MR) is 68.2 cm³/mol. The number of aromatic nitrogens is 2. The summed E-state index contributed by atoms with van der Waals surface area (Å²) in [5.74, 6) is 0.894. The first-order chi connectivity index (χ1) is 8.27. The first kappa shape index (κ1) is 10.4. The standard InChI is InChI=1S/C13H16N4/c14-11-6-2-1-5-10(11)13-16-8-9-4-3-7-12(15)17(9)13/h1-2,5-6,8,12H,3-4,7,14-15H2. The van der Waals surface area contributed by atoms with E-state index in [-0.39, 0.29) is 6.17 Å². The lowest BCUT2D eigenvalue weighted by Crippen LogP contribution is -2.25. The van der Waals surface area contributed by atoms with Gasteiger partial charge in [-0.3, -0.25) is 0 Å². The normalized spacial score (nSPS) is 19.0. The molecule has 0 amide bonds. The second kappa shape index (κ2) is 3.89. The summed E-state index contributed by atoms with van der Waals surface area (Å²) in [4.78, 5) is 4.48. The van der Waals surface area contributed by atoms with Crippen molar-refractivity contribution in [3.63, 3.8) is 0 Å². The minimum absolute atomic E-state index is 0.0239. The van der Waals surface area contributed by atoms with Crippen LogP contribution in [-0.2, 0) is 6.42 Å². The number of para-hydroxylation sites is 1. The van der Waals surface area contributed by atoms with Crippen LogP contribution in [0.1, 0.15) is 24.7 Å². The van der Waals surface area contributed by atoms with Crippen molar-refractivity contribution in [2.24, 2.45) is 5.73 Å². The molecule has 0 saturated heterocycles. The van der Waals surface area contributed by atoms with Crippen molar-refractivity contribution in [1.29, 1.82) is 0 Å². The fourth-order valence-corrected chi connectivity index (χ4v) is 2.47. The highest BCUT2D eigenvalue weighted by molar-refractivity contribution is 5.71. The van der Waals surface area contributed by atoms with E-state index in [1.54, 1.807) is 0 Å². The van der Waals surface area contributed by atoms with Crippen LogP contribution < -0.4 is 11.5 Å². The highest BCUT2D eigenvalue weighted by Crippen LogP contribution is 2.31. The van der Waals surface area contributed by atoms with Crippen molar-refractivity contribution in [3.8, 4) is 11.4 Å². The highest BCUT2D eigenvalue weighted by atomic mass is 15.2. The maximum atomic E-state index is 6.16. The molecule has 0 radical (unpaired) electrons. The van der Waals surface area contributed by atoms with Crippen LogP contribution in [-0.4, -0.2) is 9.55 Å². The largest absolute Gasteiger partial charge is 0.398 e. The Bertz CT molecular complexity index is 544. The lowest BCUT2D eigenvalue weighted by Gasteiger charge is -2.24. The number of imidazole rings is 1. The third-order valence-electron chi connectivity index (χ3n) is 3.34. The minimum atomic E-state index is 0.0239. The van der Waals surface area contributed by atoms with Crippen molar-refractivity contribution in [2.45, 2.75) is 25.4 Å². The van der Waals surface area contributed by atoms with E-state index < -0.39 is 0 Å². The van der Waals surface area contributed by atoms with Gasteiger partial charge in [0.25, 0.3) is 0 Å². The number of nitrogen functional groups attached to an aromatic ring is 1. The fraction of sp³-hybridized carbons (Fsp3) is 0.308. The molecular formula is C13H16N4. The SMILES string of the molecule is Nc1ccccc1-c1ncc2n1C(N)CCC2. The molecule has 0 fully saturated rings. The van der Waals surface area contributed by atoms with Gasteiger partial charge in [0.1, 0.15) is 5.82 Å². The zero-order chi connectivity index (χ0) is 11.8. The maximum Gasteiger partial charge on any atom is 0.143 e. The first-order valence-electron chi connectivity index (χ1n) is 5.94. The number of hydrogen-bond acceptors (Lipinski definition) is 3. The van der Waals surface area contributed by atoms with Gasteiger partial charge in [-0.2, -0.15) is 0 Å². The van der Waals surface area contributed by atoms with Gasteiger partial charge in [0.05, 0.1) is 6.17 Å². The van der Waals surface area contributed by atoms with Gasteiger partial charge in [-0.05, 0) is 31.4 Å². The van der Waals surface area contributed by atoms with Crippen LogP contribution in [0.5, 0.6) is 0 Å². The first-order valence-corrected chi connectivity index (χ1v) is 5.94. The van der Waals surface area contributed by atoms with Crippen LogP contribution in [0.3, 0.4) is 0 Å². The minimum Gasteiger partial charge on any atom is -0.398 e. The monoisotopic (exact) mass is 228 g/mol. The zero-order valence-electron chi connectivity index (χ0n) is 9.63. The van der Waals surface area contributed by atoms with Gasteiger partial charge in [0.2, 0.25) is 0 Å². The molecule has 1 atom stereocenters. The zero-order valence-corrected chi connectivity index (χ0v) is 9.63. The molecule has 1 aromatic carbocycles. The average Bonchev–Trinajstić information content (AvgIpc) is 2.75. The lowest BCUT2D eigenvalue weighted by atomic mass is 10.1. The van der Waals surface area contributed by atoms with Crippen molar-refractivity contribution in [1.82, 2.24) is 9.55 Å². The van der Waals surface area contributed by atoms with E-state index in [9.17, 15) is 0 Å². The number of rotatable bonds is 1. The Balaban J connectivity index is 2.17. The summed E-state index contributed by atoms with van der Waals surface area (Å²) >= 11 is 0. The summed E-state index contributed by atoms with van der Waals surface area (Å²) in [5, 5.41) is 0. The Morgan fingerprint density at radius 3 is 2.94 bits per heavy atom. The van der Waals surface area contributed by atoms with Crippen LogP contribution in [0.25, 0.3) is 11.4 Å². The molecule has 2 heterocycles. The van der Waals surface area contributed by atoms with Gasteiger partial charge in [-0.1, -0.05) is 12.1 Å². The molecule has 3 rings (SSSR count). The van der Waals surface area contributed by atoms with Gasteiger partial charge < -0.3 is 16.0 Å². The molecule has 0 bridgehead atoms. The quantitative estimate of drug-likeness (QED) is 0.733. The Labute approximate surface area is 100 Å². The summed E-state index contributed by atoms with van der Waals surface area (Å²) in [6, 6.07) is 7.79. The molecule has 1 aliphatic heterocycles. The molecular weight excluding hydrogens is 212 g/mol. The van der Waals surface area contributed by atoms with E-state index >= 15 is 0 Å². The summed E-state index contributed by atoms with van der Waals surface area (Å²) in [7, 11) is 0. The molecule has 4 heteroatoms. The Morgan fingerprint density at radius 2 is 2.12 bits per heavy atom. The summed E-state index contributed by atoms with van der Waals surface area (Å²) < 4.78 is 2.12. The van der Waals surface area contributed by atoms with Crippen molar-refractivity contribution in [2.75, 3.05) is 5.73 Å². The van der Waals surface area contributed by atoms with Crippen LogP contribution in [0.2, 0.25) is 0 Å². The van der Waals surface area contributed by atoms with Crippen molar-refractivity contribution < 1.29 is 0 Å². The number of nitrogens with two attached hydrogens (primary N) is 2. The molecule has 1 aromatic heterocycles. The van der Waals surface area contributed by atoms with Gasteiger partial charge in [0, 0.05) is 23.1 Å². The third-order valence-corrected chi connectivity index (χ3v) is 3.34. The lowest BCUT2D eigenvalue weighted by molar-refractivity contribution is 0.418. The van der Waals surface area contributed by atoms with E-state index in [0.717, 1.165) is 36.3 Å². The van der Waals surface area contributed by atoms with Crippen LogP contribution in [0, 0.1) is 0 Å². The van der Waals surface area contributed by atoms with Crippen LogP contribution in [0.15, 0.2) is 30.5 Å². The molecule has 1 unspecified atom stereocenters. The summed E-state index contributed by atoms with van der Waals surface area (Å²) in [6.07, 6.45) is 5.13. The van der Waals surface area contributed by atoms with E-state index in [2.05, 4.69) is 9.55 Å². The van der Waals surface area contributed by atoms with Crippen molar-refractivity contribution in [3.05, 3.63) is 36.2 Å². The number of anilines is 1. The Morgan fingerprint density at radius 1 is 1.29 bits per heavy atom. The number of fused-ring (bicyclic) bond motifs is 1.